The van der Waals surface area contributed by atoms with Gasteiger partial charge < -0.3 is 4.74 Å². The molecule has 0 aliphatic carbocycles. The highest BCUT2D eigenvalue weighted by Crippen LogP contribution is 2.24. The van der Waals surface area contributed by atoms with Gasteiger partial charge in [-0.15, -0.1) is 22.9 Å². The Kier molecular flexibility index (Phi) is 6.05. The van der Waals surface area contributed by atoms with Gasteiger partial charge in [0.1, 0.15) is 5.01 Å². The quantitative estimate of drug-likeness (QED) is 0.753. The van der Waals surface area contributed by atoms with Crippen LogP contribution in [0.25, 0.3) is 0 Å². The number of halogens is 1. The fourth-order valence-electron chi connectivity index (χ4n) is 1.60. The molecule has 0 amide bonds. The van der Waals surface area contributed by atoms with Crippen LogP contribution in [-0.4, -0.2) is 42.6 Å². The van der Waals surface area contributed by atoms with Crippen LogP contribution in [0.4, 0.5) is 0 Å². The zero-order chi connectivity index (χ0) is 13.8. The maximum absolute atomic E-state index is 6.14. The Morgan fingerprint density at radius 1 is 1.50 bits per heavy atom. The molecule has 0 saturated heterocycles. The van der Waals surface area contributed by atoms with E-state index in [0.29, 0.717) is 6.61 Å². The zero-order valence-corrected chi connectivity index (χ0v) is 13.4. The summed E-state index contributed by atoms with van der Waals surface area (Å²) in [5.41, 5.74) is 1.29. The summed E-state index contributed by atoms with van der Waals surface area (Å²) in [6.07, 6.45) is 0. The Bertz CT molecular complexity index is 362. The van der Waals surface area contributed by atoms with Gasteiger partial charge in [-0.1, -0.05) is 20.8 Å². The monoisotopic (exact) mass is 290 g/mol. The third-order valence-corrected chi connectivity index (χ3v) is 3.68. The Labute approximate surface area is 119 Å². The van der Waals surface area contributed by atoms with E-state index < -0.39 is 0 Å². The van der Waals surface area contributed by atoms with Crippen molar-refractivity contribution in [1.82, 2.24) is 9.88 Å². The molecule has 0 saturated carbocycles. The second-order valence-electron chi connectivity index (χ2n) is 5.63. The van der Waals surface area contributed by atoms with Crippen LogP contribution in [-0.2, 0) is 16.7 Å². The van der Waals surface area contributed by atoms with Crippen LogP contribution in [0.3, 0.4) is 0 Å². The van der Waals surface area contributed by atoms with E-state index in [2.05, 4.69) is 43.1 Å². The van der Waals surface area contributed by atoms with Gasteiger partial charge in [-0.05, 0) is 7.05 Å². The van der Waals surface area contributed by atoms with E-state index >= 15 is 0 Å². The predicted molar refractivity (Wildman–Crippen MR) is 78.7 cm³/mol. The topological polar surface area (TPSA) is 25.4 Å². The summed E-state index contributed by atoms with van der Waals surface area (Å²) in [7, 11) is 3.73. The predicted octanol–water partition coefficient (Wildman–Crippen LogP) is 3.13. The molecule has 18 heavy (non-hydrogen) atoms. The molecule has 104 valence electrons. The molecule has 0 aromatic carbocycles. The van der Waals surface area contributed by atoms with Crippen molar-refractivity contribution in [3.8, 4) is 0 Å². The van der Waals surface area contributed by atoms with Gasteiger partial charge in [-0.2, -0.15) is 0 Å². The average Bonchev–Trinajstić information content (AvgIpc) is 2.65. The first-order valence-electron chi connectivity index (χ1n) is 6.09. The minimum atomic E-state index is 0.0297. The Balaban J connectivity index is 2.49. The molecule has 1 heterocycles. The van der Waals surface area contributed by atoms with Crippen molar-refractivity contribution in [3.63, 3.8) is 0 Å². The maximum atomic E-state index is 6.14. The largest absolute Gasteiger partial charge is 0.383 e. The Morgan fingerprint density at radius 3 is 2.67 bits per heavy atom. The summed E-state index contributed by atoms with van der Waals surface area (Å²) < 4.78 is 5.03. The molecule has 0 fully saturated rings. The molecule has 0 spiro atoms. The first kappa shape index (κ1) is 15.9. The Hall–Kier alpha value is -0.160. The van der Waals surface area contributed by atoms with E-state index in [1.165, 1.54) is 0 Å². The molecule has 5 heteroatoms. The van der Waals surface area contributed by atoms with Gasteiger partial charge in [0.15, 0.2) is 0 Å². The van der Waals surface area contributed by atoms with Crippen molar-refractivity contribution in [1.29, 1.82) is 0 Å². The molecular formula is C13H23ClN2OS. The lowest BCUT2D eigenvalue weighted by Crippen LogP contribution is -2.28. The van der Waals surface area contributed by atoms with Crippen LogP contribution in [0.2, 0.25) is 0 Å². The van der Waals surface area contributed by atoms with Gasteiger partial charge >= 0.3 is 0 Å². The zero-order valence-electron chi connectivity index (χ0n) is 11.9. The lowest BCUT2D eigenvalue weighted by molar-refractivity contribution is 0.181. The average molecular weight is 291 g/mol. The molecule has 1 aromatic heterocycles. The standard InChI is InChI=1S/C13H23ClN2OS/c1-13(2,3)11-9-18-12(15-11)7-16(4)6-10(14)8-17-5/h9-10H,6-8H2,1-5H3. The van der Waals surface area contributed by atoms with Crippen LogP contribution < -0.4 is 0 Å². The van der Waals surface area contributed by atoms with E-state index in [1.54, 1.807) is 18.4 Å². The van der Waals surface area contributed by atoms with Gasteiger partial charge in [0.25, 0.3) is 0 Å². The van der Waals surface area contributed by atoms with Crippen molar-refractivity contribution < 1.29 is 4.74 Å². The molecule has 0 N–H and O–H groups in total. The summed E-state index contributed by atoms with van der Waals surface area (Å²) in [5.74, 6) is 0. The third kappa shape index (κ3) is 5.22. The SMILES string of the molecule is COCC(Cl)CN(C)Cc1nc(C(C)(C)C)cs1. The summed E-state index contributed by atoms with van der Waals surface area (Å²) in [6, 6.07) is 0. The highest BCUT2D eigenvalue weighted by Gasteiger charge is 2.18. The van der Waals surface area contributed by atoms with Crippen molar-refractivity contribution in [2.75, 3.05) is 27.3 Å². The molecular weight excluding hydrogens is 268 g/mol. The van der Waals surface area contributed by atoms with E-state index in [1.807, 2.05) is 0 Å². The van der Waals surface area contributed by atoms with Crippen molar-refractivity contribution in [2.45, 2.75) is 38.1 Å². The minimum Gasteiger partial charge on any atom is -0.383 e. The van der Waals surface area contributed by atoms with Crippen molar-refractivity contribution >= 4 is 22.9 Å². The van der Waals surface area contributed by atoms with E-state index in [9.17, 15) is 0 Å². The number of alkyl halides is 1. The van der Waals surface area contributed by atoms with Gasteiger partial charge in [-0.25, -0.2) is 4.98 Å². The summed E-state index contributed by atoms with van der Waals surface area (Å²) in [5, 5.41) is 3.32. The first-order valence-corrected chi connectivity index (χ1v) is 7.41. The maximum Gasteiger partial charge on any atom is 0.107 e. The van der Waals surface area contributed by atoms with Gasteiger partial charge in [0, 0.05) is 24.4 Å². The summed E-state index contributed by atoms with van der Waals surface area (Å²) >= 11 is 7.85. The fourth-order valence-corrected chi connectivity index (χ4v) is 3.06. The van der Waals surface area contributed by atoms with E-state index in [0.717, 1.165) is 23.8 Å². The fraction of sp³-hybridized carbons (Fsp3) is 0.769. The Morgan fingerprint density at radius 2 is 2.17 bits per heavy atom. The number of ether oxygens (including phenoxy) is 1. The highest BCUT2D eigenvalue weighted by molar-refractivity contribution is 7.09. The second kappa shape index (κ2) is 6.85. The molecule has 0 radical (unpaired) electrons. The van der Waals surface area contributed by atoms with Crippen LogP contribution in [0.1, 0.15) is 31.5 Å². The van der Waals surface area contributed by atoms with E-state index in [-0.39, 0.29) is 10.8 Å². The second-order valence-corrected chi connectivity index (χ2v) is 7.19. The molecule has 0 aliphatic rings. The number of hydrogen-bond acceptors (Lipinski definition) is 4. The summed E-state index contributed by atoms with van der Waals surface area (Å²) in [4.78, 5) is 6.86. The molecule has 0 aliphatic heterocycles. The number of nitrogens with zero attached hydrogens (tertiary/aromatic N) is 2. The molecule has 1 rings (SSSR count). The lowest BCUT2D eigenvalue weighted by Gasteiger charge is -2.18. The lowest BCUT2D eigenvalue weighted by atomic mass is 9.93. The molecule has 1 aromatic rings. The van der Waals surface area contributed by atoms with E-state index in [4.69, 9.17) is 16.3 Å². The number of hydrogen-bond donors (Lipinski definition) is 0. The molecule has 3 nitrogen and oxygen atoms in total. The third-order valence-electron chi connectivity index (χ3n) is 2.58. The normalized spacial score (nSPS) is 14.2. The number of aromatic nitrogens is 1. The van der Waals surface area contributed by atoms with Gasteiger partial charge in [0.05, 0.1) is 24.2 Å². The van der Waals surface area contributed by atoms with Crippen LogP contribution in [0.15, 0.2) is 5.38 Å². The molecule has 0 bridgehead atoms. The van der Waals surface area contributed by atoms with Crippen molar-refractivity contribution in [2.24, 2.45) is 0 Å². The molecule has 1 atom stereocenters. The summed E-state index contributed by atoms with van der Waals surface area (Å²) in [6.45, 7) is 8.78. The number of thiazole rings is 1. The number of methoxy groups -OCH3 is 1. The highest BCUT2D eigenvalue weighted by atomic mass is 35.5. The van der Waals surface area contributed by atoms with Crippen molar-refractivity contribution in [3.05, 3.63) is 16.1 Å². The van der Waals surface area contributed by atoms with Gasteiger partial charge in [0.2, 0.25) is 0 Å². The smallest absolute Gasteiger partial charge is 0.107 e. The first-order chi connectivity index (χ1) is 8.32. The van der Waals surface area contributed by atoms with Crippen LogP contribution >= 0.6 is 22.9 Å². The molecule has 1 unspecified atom stereocenters. The van der Waals surface area contributed by atoms with Gasteiger partial charge in [-0.3, -0.25) is 4.90 Å². The van der Waals surface area contributed by atoms with Crippen LogP contribution in [0.5, 0.6) is 0 Å². The minimum absolute atomic E-state index is 0.0297. The number of rotatable bonds is 6. The van der Waals surface area contributed by atoms with Crippen LogP contribution in [0, 0.1) is 0 Å².